The molecule has 27 heavy (non-hydrogen) atoms. The molecule has 1 aliphatic heterocycles. The van der Waals surface area contributed by atoms with Crippen LogP contribution in [-0.4, -0.2) is 36.6 Å². The Kier molecular flexibility index (Phi) is 4.52. The molecular formula is C22H24N2O3. The van der Waals surface area contributed by atoms with Gasteiger partial charge in [0.2, 0.25) is 6.41 Å². The number of hydrogen-bond acceptors (Lipinski definition) is 3. The van der Waals surface area contributed by atoms with Crippen LogP contribution in [0.15, 0.2) is 42.6 Å². The van der Waals surface area contributed by atoms with E-state index in [-0.39, 0.29) is 6.04 Å². The van der Waals surface area contributed by atoms with E-state index < -0.39 is 0 Å². The van der Waals surface area contributed by atoms with Gasteiger partial charge in [-0.25, -0.2) is 0 Å². The molecule has 0 radical (unpaired) electrons. The predicted molar refractivity (Wildman–Crippen MR) is 105 cm³/mol. The molecule has 0 spiro atoms. The average Bonchev–Trinajstić information content (AvgIpc) is 3.03. The zero-order chi connectivity index (χ0) is 19.0. The topological polar surface area (TPSA) is 43.7 Å². The van der Waals surface area contributed by atoms with Gasteiger partial charge >= 0.3 is 0 Å². The molecule has 5 heteroatoms. The number of amides is 1. The first-order chi connectivity index (χ1) is 13.2. The molecule has 1 atom stereocenters. The van der Waals surface area contributed by atoms with E-state index >= 15 is 0 Å². The van der Waals surface area contributed by atoms with Crippen molar-refractivity contribution in [3.05, 3.63) is 59.3 Å². The number of hydrogen-bond donors (Lipinski definition) is 0. The third-order valence-corrected chi connectivity index (χ3v) is 5.57. The fourth-order valence-electron chi connectivity index (χ4n) is 4.20. The minimum Gasteiger partial charge on any atom is -0.493 e. The van der Waals surface area contributed by atoms with E-state index in [1.807, 2.05) is 17.0 Å². The van der Waals surface area contributed by atoms with E-state index in [1.165, 1.54) is 22.0 Å². The van der Waals surface area contributed by atoms with Crippen LogP contribution in [0.4, 0.5) is 0 Å². The summed E-state index contributed by atoms with van der Waals surface area (Å²) in [4.78, 5) is 13.7. The van der Waals surface area contributed by atoms with Crippen LogP contribution in [0.1, 0.15) is 22.7 Å². The zero-order valence-corrected chi connectivity index (χ0v) is 15.9. The maximum Gasteiger partial charge on any atom is 0.210 e. The van der Waals surface area contributed by atoms with E-state index in [9.17, 15) is 4.79 Å². The van der Waals surface area contributed by atoms with Crippen molar-refractivity contribution in [1.82, 2.24) is 9.47 Å². The van der Waals surface area contributed by atoms with Gasteiger partial charge in [0.05, 0.1) is 20.3 Å². The van der Waals surface area contributed by atoms with E-state index in [1.54, 1.807) is 14.2 Å². The van der Waals surface area contributed by atoms with Gasteiger partial charge in [0, 0.05) is 30.7 Å². The van der Waals surface area contributed by atoms with Crippen LogP contribution in [0.2, 0.25) is 0 Å². The van der Waals surface area contributed by atoms with Crippen molar-refractivity contribution < 1.29 is 14.3 Å². The number of nitrogens with zero attached hydrogens (tertiary/aromatic N) is 2. The third-order valence-electron chi connectivity index (χ3n) is 5.57. The van der Waals surface area contributed by atoms with Crippen molar-refractivity contribution in [2.75, 3.05) is 20.8 Å². The van der Waals surface area contributed by atoms with Gasteiger partial charge in [-0.2, -0.15) is 0 Å². The number of carbonyl (C=O) groups excluding carboxylic acids is 1. The first-order valence-corrected chi connectivity index (χ1v) is 9.15. The number of para-hydroxylation sites is 1. The Bertz CT molecular complexity index is 993. The minimum absolute atomic E-state index is 0.0168. The molecule has 0 saturated heterocycles. The second-order valence-electron chi connectivity index (χ2n) is 7.00. The van der Waals surface area contributed by atoms with Crippen LogP contribution in [0.25, 0.3) is 10.9 Å². The summed E-state index contributed by atoms with van der Waals surface area (Å²) in [6, 6.07) is 12.4. The number of aryl methyl sites for hydroxylation is 1. The molecule has 5 nitrogen and oxygen atoms in total. The second kappa shape index (κ2) is 6.99. The molecule has 4 rings (SSSR count). The number of aromatic nitrogens is 1. The molecule has 2 aromatic carbocycles. The first kappa shape index (κ1) is 17.5. The zero-order valence-electron chi connectivity index (χ0n) is 15.9. The Hall–Kier alpha value is -2.95. The summed E-state index contributed by atoms with van der Waals surface area (Å²) in [5.41, 5.74) is 4.80. The van der Waals surface area contributed by atoms with Crippen LogP contribution >= 0.6 is 0 Å². The van der Waals surface area contributed by atoms with Crippen molar-refractivity contribution in [2.45, 2.75) is 18.9 Å². The Labute approximate surface area is 159 Å². The normalized spacial score (nSPS) is 16.3. The molecule has 2 heterocycles. The van der Waals surface area contributed by atoms with Crippen LogP contribution in [-0.2, 0) is 24.7 Å². The molecule has 0 fully saturated rings. The van der Waals surface area contributed by atoms with Gasteiger partial charge in [0.15, 0.2) is 11.5 Å². The number of carbonyl (C=O) groups is 1. The van der Waals surface area contributed by atoms with Crippen LogP contribution < -0.4 is 9.47 Å². The van der Waals surface area contributed by atoms with Crippen LogP contribution in [0.3, 0.4) is 0 Å². The largest absolute Gasteiger partial charge is 0.493 e. The van der Waals surface area contributed by atoms with Crippen molar-refractivity contribution in [3.63, 3.8) is 0 Å². The first-order valence-electron chi connectivity index (χ1n) is 9.15. The summed E-state index contributed by atoms with van der Waals surface area (Å²) in [5, 5.41) is 1.23. The van der Waals surface area contributed by atoms with Gasteiger partial charge < -0.3 is 18.9 Å². The summed E-state index contributed by atoms with van der Waals surface area (Å²) in [5.74, 6) is 1.44. The summed E-state index contributed by atoms with van der Waals surface area (Å²) < 4.78 is 13.1. The molecule has 140 valence electrons. The minimum atomic E-state index is -0.0168. The van der Waals surface area contributed by atoms with Gasteiger partial charge in [-0.05, 0) is 47.7 Å². The summed E-state index contributed by atoms with van der Waals surface area (Å²) >= 11 is 0. The number of methoxy groups -OCH3 is 2. The van der Waals surface area contributed by atoms with Gasteiger partial charge in [-0.3, -0.25) is 4.79 Å². The lowest BCUT2D eigenvalue weighted by molar-refractivity contribution is -0.120. The lowest BCUT2D eigenvalue weighted by atomic mass is 9.88. The smallest absolute Gasteiger partial charge is 0.210 e. The highest BCUT2D eigenvalue weighted by molar-refractivity contribution is 5.84. The molecule has 0 N–H and O–H groups in total. The molecular weight excluding hydrogens is 340 g/mol. The number of ether oxygens (including phenoxy) is 2. The molecule has 1 aliphatic rings. The molecule has 0 aliphatic carbocycles. The quantitative estimate of drug-likeness (QED) is 0.651. The maximum absolute atomic E-state index is 11.8. The van der Waals surface area contributed by atoms with Gasteiger partial charge in [0.25, 0.3) is 0 Å². The lowest BCUT2D eigenvalue weighted by Crippen LogP contribution is -2.35. The average molecular weight is 364 g/mol. The predicted octanol–water partition coefficient (Wildman–Crippen LogP) is 3.49. The van der Waals surface area contributed by atoms with Gasteiger partial charge in [-0.1, -0.05) is 18.2 Å². The van der Waals surface area contributed by atoms with Gasteiger partial charge in [-0.15, -0.1) is 0 Å². The molecule has 3 aromatic rings. The SMILES string of the molecule is COc1cc2c(cc1OC)C(Cc1cn(C)c3ccccc13)N(C=O)CC2. The molecule has 0 saturated carbocycles. The van der Waals surface area contributed by atoms with Crippen molar-refractivity contribution in [3.8, 4) is 11.5 Å². The fourth-order valence-corrected chi connectivity index (χ4v) is 4.20. The Balaban J connectivity index is 1.80. The highest BCUT2D eigenvalue weighted by Crippen LogP contribution is 2.39. The van der Waals surface area contributed by atoms with E-state index in [4.69, 9.17) is 9.47 Å². The Morgan fingerprint density at radius 1 is 1.15 bits per heavy atom. The van der Waals surface area contributed by atoms with E-state index in [2.05, 4.69) is 42.1 Å². The lowest BCUT2D eigenvalue weighted by Gasteiger charge is -2.35. The Morgan fingerprint density at radius 3 is 2.63 bits per heavy atom. The summed E-state index contributed by atoms with van der Waals surface area (Å²) in [6.07, 6.45) is 4.72. The molecule has 1 aromatic heterocycles. The van der Waals surface area contributed by atoms with Crippen molar-refractivity contribution >= 4 is 17.3 Å². The molecule has 1 amide bonds. The van der Waals surface area contributed by atoms with Crippen LogP contribution in [0, 0.1) is 0 Å². The highest BCUT2D eigenvalue weighted by Gasteiger charge is 2.29. The number of fused-ring (bicyclic) bond motifs is 2. The van der Waals surface area contributed by atoms with E-state index in [0.29, 0.717) is 12.3 Å². The third kappa shape index (κ3) is 2.93. The fraction of sp³-hybridized carbons (Fsp3) is 0.318. The standard InChI is InChI=1S/C22H24N2O3/c1-23-13-16(17-6-4-5-7-19(17)23)10-20-18-12-22(27-3)21(26-2)11-15(18)8-9-24(20)14-25/h4-7,11-14,20H,8-10H2,1-3H3. The van der Waals surface area contributed by atoms with Crippen molar-refractivity contribution in [2.24, 2.45) is 7.05 Å². The van der Waals surface area contributed by atoms with E-state index in [0.717, 1.165) is 30.6 Å². The molecule has 0 bridgehead atoms. The second-order valence-corrected chi connectivity index (χ2v) is 7.00. The summed E-state index contributed by atoms with van der Waals surface area (Å²) in [7, 11) is 5.36. The van der Waals surface area contributed by atoms with Crippen LogP contribution in [0.5, 0.6) is 11.5 Å². The monoisotopic (exact) mass is 364 g/mol. The van der Waals surface area contributed by atoms with Gasteiger partial charge in [0.1, 0.15) is 0 Å². The molecule has 1 unspecified atom stereocenters. The van der Waals surface area contributed by atoms with Crippen molar-refractivity contribution in [1.29, 1.82) is 0 Å². The maximum atomic E-state index is 11.8. The number of benzene rings is 2. The highest BCUT2D eigenvalue weighted by atomic mass is 16.5. The summed E-state index contributed by atoms with van der Waals surface area (Å²) in [6.45, 7) is 0.710. The Morgan fingerprint density at radius 2 is 1.89 bits per heavy atom. The number of rotatable bonds is 5.